The minimum absolute atomic E-state index is 0.0200. The summed E-state index contributed by atoms with van der Waals surface area (Å²) in [5.41, 5.74) is 1.23. The topological polar surface area (TPSA) is 114 Å². The number of amides is 2. The lowest BCUT2D eigenvalue weighted by molar-refractivity contribution is -0.143. The maximum Gasteiger partial charge on any atom is 0.261 e. The molecule has 2 aliphatic rings. The van der Waals surface area contributed by atoms with Crippen LogP contribution in [0.2, 0.25) is 0 Å². The molecule has 0 aromatic heterocycles. The van der Waals surface area contributed by atoms with Gasteiger partial charge >= 0.3 is 0 Å². The zero-order valence-corrected chi connectivity index (χ0v) is 25.1. The van der Waals surface area contributed by atoms with E-state index >= 15 is 0 Å². The van der Waals surface area contributed by atoms with E-state index in [0.29, 0.717) is 43.2 Å². The second-order valence-corrected chi connectivity index (χ2v) is 12.6. The van der Waals surface area contributed by atoms with E-state index in [-0.39, 0.29) is 36.5 Å². The number of rotatable bonds is 12. The Morgan fingerprint density at radius 2 is 1.68 bits per heavy atom. The lowest BCUT2D eigenvalue weighted by Gasteiger charge is -2.32. The number of sulfonamides is 1. The summed E-state index contributed by atoms with van der Waals surface area (Å²) in [6.45, 7) is 1.81. The molecule has 0 spiro atoms. The third-order valence-electron chi connectivity index (χ3n) is 7.58. The lowest BCUT2D eigenvalue weighted by atomic mass is 10.0. The minimum atomic E-state index is -3.68. The number of halogens is 1. The number of carbonyl (C=O) groups is 2. The average molecular weight is 626 g/mol. The van der Waals surface area contributed by atoms with Gasteiger partial charge in [0, 0.05) is 32.8 Å². The molecule has 234 valence electrons. The van der Waals surface area contributed by atoms with E-state index in [0.717, 1.165) is 12.8 Å². The molecule has 2 saturated heterocycles. The summed E-state index contributed by atoms with van der Waals surface area (Å²) in [5.74, 6) is -0.983. The Kier molecular flexibility index (Phi) is 10.6. The molecule has 2 heterocycles. The Morgan fingerprint density at radius 3 is 2.34 bits per heavy atom. The van der Waals surface area contributed by atoms with E-state index in [1.165, 1.54) is 45.6 Å². The van der Waals surface area contributed by atoms with Crippen molar-refractivity contribution in [1.82, 2.24) is 14.5 Å². The van der Waals surface area contributed by atoms with Crippen LogP contribution in [0, 0.1) is 5.82 Å². The number of carbonyl (C=O) groups excluding carboxylic acids is 2. The van der Waals surface area contributed by atoms with E-state index < -0.39 is 34.4 Å². The molecule has 2 amide bonds. The third kappa shape index (κ3) is 8.00. The molecule has 2 fully saturated rings. The molecule has 44 heavy (non-hydrogen) atoms. The molecule has 0 bridgehead atoms. The van der Waals surface area contributed by atoms with Crippen LogP contribution in [0.25, 0.3) is 0 Å². The molecule has 1 N–H and O–H groups in total. The van der Waals surface area contributed by atoms with Crippen LogP contribution in [0.5, 0.6) is 5.75 Å². The molecule has 0 radical (unpaired) electrons. The van der Waals surface area contributed by atoms with Crippen LogP contribution in [0.3, 0.4) is 0 Å². The van der Waals surface area contributed by atoms with Crippen molar-refractivity contribution in [2.24, 2.45) is 0 Å². The summed E-state index contributed by atoms with van der Waals surface area (Å²) < 4.78 is 57.7. The van der Waals surface area contributed by atoms with Crippen LogP contribution in [-0.4, -0.2) is 81.6 Å². The Labute approximate surface area is 256 Å². The van der Waals surface area contributed by atoms with Crippen LogP contribution in [-0.2, 0) is 35.6 Å². The fourth-order valence-electron chi connectivity index (χ4n) is 5.21. The number of morpholine rings is 1. The number of ether oxygens (including phenoxy) is 3. The summed E-state index contributed by atoms with van der Waals surface area (Å²) in [6, 6.07) is 19.5. The largest absolute Gasteiger partial charge is 0.484 e. The maximum atomic E-state index is 13.8. The van der Waals surface area contributed by atoms with Crippen LogP contribution in [0.4, 0.5) is 4.39 Å². The number of nitrogens with zero attached hydrogens (tertiary/aromatic N) is 2. The molecule has 5 rings (SSSR count). The summed E-state index contributed by atoms with van der Waals surface area (Å²) in [4.78, 5) is 29.0. The van der Waals surface area contributed by atoms with E-state index in [2.05, 4.69) is 5.32 Å². The first-order valence-corrected chi connectivity index (χ1v) is 16.0. The van der Waals surface area contributed by atoms with Crippen LogP contribution < -0.4 is 10.1 Å². The average Bonchev–Trinajstić information content (AvgIpc) is 3.58. The first-order valence-electron chi connectivity index (χ1n) is 14.6. The summed E-state index contributed by atoms with van der Waals surface area (Å²) in [5, 5.41) is 2.95. The second-order valence-electron chi connectivity index (χ2n) is 10.6. The standard InChI is InChI=1S/C32H36FN3O7S/c33-26-10-8-24(9-11-26)22-36(31(25-5-2-1-3-6-25)32(38)34-21-28-7-4-18-42-28)30(37)23-43-27-12-14-29(15-13-27)44(39,40)35-16-19-41-20-17-35/h1-3,5-6,8-15,28,31H,4,7,16-23H2,(H,34,38)/t28-,31-/m0/s1. The summed E-state index contributed by atoms with van der Waals surface area (Å²) >= 11 is 0. The normalized spacial score (nSPS) is 18.0. The van der Waals surface area contributed by atoms with Crippen molar-refractivity contribution in [3.8, 4) is 5.75 Å². The molecule has 0 aliphatic carbocycles. The third-order valence-corrected chi connectivity index (χ3v) is 9.50. The zero-order chi connectivity index (χ0) is 30.9. The van der Waals surface area contributed by atoms with Gasteiger partial charge in [-0.1, -0.05) is 42.5 Å². The first kappa shape index (κ1) is 31.6. The Hall–Kier alpha value is -3.84. The van der Waals surface area contributed by atoms with Crippen LogP contribution in [0.1, 0.15) is 30.0 Å². The molecule has 3 aromatic rings. The van der Waals surface area contributed by atoms with Crippen molar-refractivity contribution in [2.75, 3.05) is 46.1 Å². The molecule has 0 saturated carbocycles. The Bertz CT molecular complexity index is 1490. The van der Waals surface area contributed by atoms with Crippen LogP contribution >= 0.6 is 0 Å². The van der Waals surface area contributed by atoms with Crippen molar-refractivity contribution in [1.29, 1.82) is 0 Å². The van der Waals surface area contributed by atoms with Gasteiger partial charge in [-0.3, -0.25) is 9.59 Å². The molecule has 12 heteroatoms. The molecule has 2 aliphatic heterocycles. The van der Waals surface area contributed by atoms with E-state index in [1.807, 2.05) is 6.07 Å². The van der Waals surface area contributed by atoms with Gasteiger partial charge in [-0.05, 0) is 60.4 Å². The summed E-state index contributed by atoms with van der Waals surface area (Å²) in [7, 11) is -3.68. The minimum Gasteiger partial charge on any atom is -0.484 e. The van der Waals surface area contributed by atoms with Gasteiger partial charge < -0.3 is 24.4 Å². The van der Waals surface area contributed by atoms with E-state index in [1.54, 1.807) is 36.4 Å². The molecule has 3 aromatic carbocycles. The van der Waals surface area contributed by atoms with E-state index in [4.69, 9.17) is 14.2 Å². The highest BCUT2D eigenvalue weighted by molar-refractivity contribution is 7.89. The Morgan fingerprint density at radius 1 is 0.977 bits per heavy atom. The van der Waals surface area contributed by atoms with Crippen molar-refractivity contribution >= 4 is 21.8 Å². The first-order chi connectivity index (χ1) is 21.3. The number of benzene rings is 3. The van der Waals surface area contributed by atoms with Crippen molar-refractivity contribution < 1.29 is 36.6 Å². The maximum absolute atomic E-state index is 13.8. The van der Waals surface area contributed by atoms with Gasteiger partial charge in [0.25, 0.3) is 5.91 Å². The molecular formula is C32H36FN3O7S. The molecular weight excluding hydrogens is 589 g/mol. The highest BCUT2D eigenvalue weighted by Crippen LogP contribution is 2.26. The molecule has 2 atom stereocenters. The van der Waals surface area contributed by atoms with Crippen molar-refractivity contribution in [3.05, 3.63) is 95.8 Å². The van der Waals surface area contributed by atoms with Gasteiger partial charge in [0.15, 0.2) is 6.61 Å². The number of hydrogen-bond acceptors (Lipinski definition) is 7. The van der Waals surface area contributed by atoms with Gasteiger partial charge in [0.05, 0.1) is 24.2 Å². The SMILES string of the molecule is O=C(NC[C@@H]1CCCO1)[C@H](c1ccccc1)N(Cc1ccc(F)cc1)C(=O)COc1ccc(S(=O)(=O)N2CCOCC2)cc1. The fraction of sp³-hybridized carbons (Fsp3) is 0.375. The quantitative estimate of drug-likeness (QED) is 0.329. The fourth-order valence-corrected chi connectivity index (χ4v) is 6.61. The molecule has 0 unspecified atom stereocenters. The van der Waals surface area contributed by atoms with Crippen LogP contribution in [0.15, 0.2) is 83.8 Å². The second kappa shape index (κ2) is 14.8. The lowest BCUT2D eigenvalue weighted by Crippen LogP contribution is -2.46. The van der Waals surface area contributed by atoms with Gasteiger partial charge in [-0.2, -0.15) is 4.31 Å². The monoisotopic (exact) mass is 625 g/mol. The number of hydrogen-bond donors (Lipinski definition) is 1. The van der Waals surface area contributed by atoms with E-state index in [9.17, 15) is 22.4 Å². The van der Waals surface area contributed by atoms with Gasteiger partial charge in [-0.15, -0.1) is 0 Å². The smallest absolute Gasteiger partial charge is 0.261 e. The molecule has 10 nitrogen and oxygen atoms in total. The highest BCUT2D eigenvalue weighted by Gasteiger charge is 2.33. The van der Waals surface area contributed by atoms with Crippen molar-refractivity contribution in [3.63, 3.8) is 0 Å². The van der Waals surface area contributed by atoms with Crippen molar-refractivity contribution in [2.45, 2.75) is 36.4 Å². The highest BCUT2D eigenvalue weighted by atomic mass is 32.2. The Balaban J connectivity index is 1.34. The van der Waals surface area contributed by atoms with Gasteiger partial charge in [0.1, 0.15) is 17.6 Å². The number of nitrogens with one attached hydrogen (secondary N) is 1. The zero-order valence-electron chi connectivity index (χ0n) is 24.3. The summed E-state index contributed by atoms with van der Waals surface area (Å²) in [6.07, 6.45) is 1.68. The van der Waals surface area contributed by atoms with Gasteiger partial charge in [-0.25, -0.2) is 12.8 Å². The predicted molar refractivity (Wildman–Crippen MR) is 160 cm³/mol. The predicted octanol–water partition coefficient (Wildman–Crippen LogP) is 3.29. The van der Waals surface area contributed by atoms with Gasteiger partial charge in [0.2, 0.25) is 15.9 Å².